The number of nitrogens with zero attached hydrogens (tertiary/aromatic N) is 2. The van der Waals surface area contributed by atoms with Crippen LogP contribution in [0.4, 0.5) is 5.82 Å². The summed E-state index contributed by atoms with van der Waals surface area (Å²) < 4.78 is 0. The van der Waals surface area contributed by atoms with Crippen molar-refractivity contribution in [3.8, 4) is 0 Å². The van der Waals surface area contributed by atoms with E-state index in [4.69, 9.17) is 5.11 Å². The van der Waals surface area contributed by atoms with Gasteiger partial charge in [-0.2, -0.15) is 0 Å². The molecule has 1 saturated heterocycles. The van der Waals surface area contributed by atoms with Crippen LogP contribution in [0.15, 0.2) is 18.3 Å². The van der Waals surface area contributed by atoms with Gasteiger partial charge in [-0.1, -0.05) is 13.0 Å². The van der Waals surface area contributed by atoms with Crippen molar-refractivity contribution in [1.29, 1.82) is 0 Å². The van der Waals surface area contributed by atoms with Gasteiger partial charge in [-0.25, -0.2) is 4.98 Å². The summed E-state index contributed by atoms with van der Waals surface area (Å²) in [5.41, 5.74) is 1.24. The molecule has 1 aliphatic rings. The number of aliphatic hydroxyl groups excluding tert-OH is 1. The fourth-order valence-electron chi connectivity index (χ4n) is 2.78. The molecule has 0 bridgehead atoms. The van der Waals surface area contributed by atoms with Gasteiger partial charge in [0.1, 0.15) is 5.82 Å². The molecule has 2 atom stereocenters. The smallest absolute Gasteiger partial charge is 0.128 e. The van der Waals surface area contributed by atoms with Crippen LogP contribution in [0.1, 0.15) is 44.7 Å². The summed E-state index contributed by atoms with van der Waals surface area (Å²) >= 11 is 0. The van der Waals surface area contributed by atoms with E-state index in [9.17, 15) is 0 Å². The van der Waals surface area contributed by atoms with Crippen molar-refractivity contribution in [3.05, 3.63) is 23.9 Å². The van der Waals surface area contributed by atoms with Crippen LogP contribution in [0.25, 0.3) is 0 Å². The third kappa shape index (κ3) is 3.93. The number of rotatable bonds is 7. The number of pyridine rings is 1. The summed E-state index contributed by atoms with van der Waals surface area (Å²) in [6.07, 6.45) is 5.21. The molecular weight excluding hydrogens is 250 g/mol. The van der Waals surface area contributed by atoms with Crippen molar-refractivity contribution in [2.75, 3.05) is 31.1 Å². The Labute approximate surface area is 122 Å². The molecule has 4 heteroatoms. The summed E-state index contributed by atoms with van der Waals surface area (Å²) in [4.78, 5) is 6.94. The zero-order chi connectivity index (χ0) is 14.4. The Morgan fingerprint density at radius 1 is 1.50 bits per heavy atom. The third-order valence-electron chi connectivity index (χ3n) is 4.12. The second kappa shape index (κ2) is 7.60. The SMILES string of the molecule is CCCNC(C)c1ccc(N2CCC(CCO)C2)nc1. The molecule has 0 aromatic carbocycles. The number of aliphatic hydroxyl groups is 1. The highest BCUT2D eigenvalue weighted by Gasteiger charge is 2.22. The van der Waals surface area contributed by atoms with Crippen molar-refractivity contribution in [1.82, 2.24) is 10.3 Å². The Kier molecular flexibility index (Phi) is 5.80. The molecule has 2 heterocycles. The van der Waals surface area contributed by atoms with E-state index < -0.39 is 0 Å². The topological polar surface area (TPSA) is 48.4 Å². The number of hydrogen-bond acceptors (Lipinski definition) is 4. The Hall–Kier alpha value is -1.13. The first kappa shape index (κ1) is 15.3. The molecule has 1 fully saturated rings. The van der Waals surface area contributed by atoms with E-state index in [0.717, 1.165) is 38.3 Å². The van der Waals surface area contributed by atoms with Crippen LogP contribution in [0.2, 0.25) is 0 Å². The second-order valence-electron chi connectivity index (χ2n) is 5.74. The zero-order valence-electron chi connectivity index (χ0n) is 12.7. The van der Waals surface area contributed by atoms with Crippen LogP contribution in [-0.2, 0) is 0 Å². The lowest BCUT2D eigenvalue weighted by molar-refractivity contribution is 0.263. The van der Waals surface area contributed by atoms with Gasteiger partial charge in [0.15, 0.2) is 0 Å². The molecule has 20 heavy (non-hydrogen) atoms. The van der Waals surface area contributed by atoms with Crippen LogP contribution in [0.5, 0.6) is 0 Å². The van der Waals surface area contributed by atoms with E-state index in [0.29, 0.717) is 18.6 Å². The van der Waals surface area contributed by atoms with Gasteiger partial charge in [-0.3, -0.25) is 0 Å². The summed E-state index contributed by atoms with van der Waals surface area (Å²) in [6.45, 7) is 7.78. The Balaban J connectivity index is 1.91. The quantitative estimate of drug-likeness (QED) is 0.803. The van der Waals surface area contributed by atoms with Gasteiger partial charge in [-0.15, -0.1) is 0 Å². The van der Waals surface area contributed by atoms with Crippen molar-refractivity contribution in [2.24, 2.45) is 5.92 Å². The van der Waals surface area contributed by atoms with Gasteiger partial charge in [0.25, 0.3) is 0 Å². The largest absolute Gasteiger partial charge is 0.396 e. The summed E-state index contributed by atoms with van der Waals surface area (Å²) in [5, 5.41) is 12.5. The number of anilines is 1. The fraction of sp³-hybridized carbons (Fsp3) is 0.688. The lowest BCUT2D eigenvalue weighted by Crippen LogP contribution is -2.22. The highest BCUT2D eigenvalue weighted by molar-refractivity contribution is 5.41. The first-order chi connectivity index (χ1) is 9.74. The highest BCUT2D eigenvalue weighted by Crippen LogP contribution is 2.24. The number of hydrogen-bond donors (Lipinski definition) is 2. The molecule has 2 unspecified atom stereocenters. The Bertz CT molecular complexity index is 393. The van der Waals surface area contributed by atoms with Crippen molar-refractivity contribution < 1.29 is 5.11 Å². The van der Waals surface area contributed by atoms with Crippen LogP contribution >= 0.6 is 0 Å². The first-order valence-corrected chi connectivity index (χ1v) is 7.79. The Morgan fingerprint density at radius 2 is 2.35 bits per heavy atom. The molecule has 1 aliphatic heterocycles. The van der Waals surface area contributed by atoms with Crippen molar-refractivity contribution in [3.63, 3.8) is 0 Å². The molecule has 4 nitrogen and oxygen atoms in total. The molecule has 1 aromatic heterocycles. The van der Waals surface area contributed by atoms with Gasteiger partial charge in [0.2, 0.25) is 0 Å². The fourth-order valence-corrected chi connectivity index (χ4v) is 2.78. The summed E-state index contributed by atoms with van der Waals surface area (Å²) in [7, 11) is 0. The van der Waals surface area contributed by atoms with Crippen LogP contribution < -0.4 is 10.2 Å². The summed E-state index contributed by atoms with van der Waals surface area (Å²) in [6, 6.07) is 4.66. The highest BCUT2D eigenvalue weighted by atomic mass is 16.3. The number of aromatic nitrogens is 1. The Morgan fingerprint density at radius 3 is 3.00 bits per heavy atom. The molecule has 0 saturated carbocycles. The molecule has 2 N–H and O–H groups in total. The molecule has 112 valence electrons. The van der Waals surface area contributed by atoms with Crippen LogP contribution in [0, 0.1) is 5.92 Å². The van der Waals surface area contributed by atoms with E-state index >= 15 is 0 Å². The maximum absolute atomic E-state index is 9.01. The molecular formula is C16H27N3O. The minimum atomic E-state index is 0.297. The first-order valence-electron chi connectivity index (χ1n) is 7.79. The predicted molar refractivity (Wildman–Crippen MR) is 83.0 cm³/mol. The van der Waals surface area contributed by atoms with Gasteiger partial charge >= 0.3 is 0 Å². The van der Waals surface area contributed by atoms with E-state index in [1.807, 2.05) is 6.20 Å². The predicted octanol–water partition coefficient (Wildman–Crippen LogP) is 2.35. The minimum absolute atomic E-state index is 0.297. The van der Waals surface area contributed by atoms with E-state index in [1.54, 1.807) is 0 Å². The molecule has 2 rings (SSSR count). The third-order valence-corrected chi connectivity index (χ3v) is 4.12. The molecule has 0 spiro atoms. The van der Waals surface area contributed by atoms with Crippen molar-refractivity contribution in [2.45, 2.75) is 39.2 Å². The van der Waals surface area contributed by atoms with E-state index in [1.165, 1.54) is 12.0 Å². The molecule has 1 aromatic rings. The maximum Gasteiger partial charge on any atom is 0.128 e. The average Bonchev–Trinajstić information content (AvgIpc) is 2.94. The maximum atomic E-state index is 9.01. The van der Waals surface area contributed by atoms with Crippen LogP contribution in [0.3, 0.4) is 0 Å². The molecule has 0 amide bonds. The second-order valence-corrected chi connectivity index (χ2v) is 5.74. The molecule has 0 aliphatic carbocycles. The van der Waals surface area contributed by atoms with Gasteiger partial charge in [0.05, 0.1) is 0 Å². The van der Waals surface area contributed by atoms with Gasteiger partial charge in [-0.05, 0) is 50.3 Å². The summed E-state index contributed by atoms with van der Waals surface area (Å²) in [5.74, 6) is 1.68. The lowest BCUT2D eigenvalue weighted by Gasteiger charge is -2.19. The lowest BCUT2D eigenvalue weighted by atomic mass is 10.1. The average molecular weight is 277 g/mol. The molecule has 0 radical (unpaired) electrons. The van der Waals surface area contributed by atoms with Gasteiger partial charge < -0.3 is 15.3 Å². The van der Waals surface area contributed by atoms with E-state index in [-0.39, 0.29) is 0 Å². The standard InChI is InChI=1S/C16H27N3O/c1-3-8-17-13(2)15-4-5-16(18-11-15)19-9-6-14(12-19)7-10-20/h4-5,11,13-14,17,20H,3,6-10,12H2,1-2H3. The van der Waals surface area contributed by atoms with Crippen LogP contribution in [-0.4, -0.2) is 36.3 Å². The zero-order valence-corrected chi connectivity index (χ0v) is 12.7. The van der Waals surface area contributed by atoms with Gasteiger partial charge in [0, 0.05) is 31.9 Å². The number of nitrogens with one attached hydrogen (secondary N) is 1. The normalized spacial score (nSPS) is 20.4. The minimum Gasteiger partial charge on any atom is -0.396 e. The van der Waals surface area contributed by atoms with E-state index in [2.05, 4.69) is 41.2 Å². The monoisotopic (exact) mass is 277 g/mol. The van der Waals surface area contributed by atoms with Crippen molar-refractivity contribution >= 4 is 5.82 Å².